The van der Waals surface area contributed by atoms with Crippen molar-refractivity contribution in [1.82, 2.24) is 0 Å². The summed E-state index contributed by atoms with van der Waals surface area (Å²) in [5.41, 5.74) is -1.03. The van der Waals surface area contributed by atoms with E-state index >= 15 is 0 Å². The highest BCUT2D eigenvalue weighted by molar-refractivity contribution is 6.02. The number of Topliss-reactive ketones (excluding diaryl/α,β-unsaturated/α-hetero) is 1. The van der Waals surface area contributed by atoms with Gasteiger partial charge in [0.25, 0.3) is 0 Å². The van der Waals surface area contributed by atoms with E-state index in [0.29, 0.717) is 12.8 Å². The van der Waals surface area contributed by atoms with Crippen LogP contribution in [-0.4, -0.2) is 18.4 Å². The Morgan fingerprint density at radius 1 is 1.38 bits per heavy atom. The molecule has 3 nitrogen and oxygen atoms in total. The topological polar surface area (TPSA) is 43.4 Å². The Morgan fingerprint density at radius 3 is 2.44 bits per heavy atom. The number of hydrogen-bond donors (Lipinski definition) is 0. The maximum absolute atomic E-state index is 11.7. The summed E-state index contributed by atoms with van der Waals surface area (Å²) in [6.07, 6.45) is 9.30. The summed E-state index contributed by atoms with van der Waals surface area (Å²) >= 11 is 0. The second-order valence-corrected chi connectivity index (χ2v) is 3.99. The van der Waals surface area contributed by atoms with Crippen LogP contribution in [0.25, 0.3) is 0 Å². The lowest BCUT2D eigenvalue weighted by Crippen LogP contribution is -2.36. The molecular weight excluding hydrogens is 204 g/mol. The molecule has 0 aliphatic heterocycles. The maximum atomic E-state index is 11.7. The molecule has 0 fully saturated rings. The van der Waals surface area contributed by atoms with Gasteiger partial charge in [-0.1, -0.05) is 12.3 Å². The van der Waals surface area contributed by atoms with Crippen molar-refractivity contribution in [3.05, 3.63) is 6.42 Å². The van der Waals surface area contributed by atoms with Crippen molar-refractivity contribution in [2.75, 3.05) is 6.61 Å². The molecule has 1 radical (unpaired) electrons. The van der Waals surface area contributed by atoms with Gasteiger partial charge < -0.3 is 4.74 Å². The minimum absolute atomic E-state index is 0.162. The van der Waals surface area contributed by atoms with Gasteiger partial charge in [0, 0.05) is 6.42 Å². The number of ether oxygens (including phenoxy) is 1. The lowest BCUT2D eigenvalue weighted by Gasteiger charge is -2.23. The van der Waals surface area contributed by atoms with Crippen molar-refractivity contribution in [3.63, 3.8) is 0 Å². The summed E-state index contributed by atoms with van der Waals surface area (Å²) in [5.74, 6) is 1.68. The molecule has 0 aliphatic carbocycles. The van der Waals surface area contributed by atoms with Gasteiger partial charge in [-0.15, -0.1) is 0 Å². The molecule has 0 aromatic carbocycles. The van der Waals surface area contributed by atoms with Crippen molar-refractivity contribution in [1.29, 1.82) is 0 Å². The van der Waals surface area contributed by atoms with Crippen molar-refractivity contribution < 1.29 is 14.3 Å². The largest absolute Gasteiger partial charge is 0.465 e. The van der Waals surface area contributed by atoms with Crippen LogP contribution in [0.15, 0.2) is 0 Å². The van der Waals surface area contributed by atoms with E-state index in [0.717, 1.165) is 12.8 Å². The Hall–Kier alpha value is -1.30. The highest BCUT2D eigenvalue weighted by atomic mass is 16.5. The van der Waals surface area contributed by atoms with Gasteiger partial charge in [-0.3, -0.25) is 9.59 Å². The number of rotatable bonds is 7. The van der Waals surface area contributed by atoms with Crippen molar-refractivity contribution in [2.24, 2.45) is 5.41 Å². The quantitative estimate of drug-likeness (QED) is 0.288. The molecule has 0 N–H and O–H groups in total. The van der Waals surface area contributed by atoms with E-state index in [4.69, 9.17) is 11.2 Å². The van der Waals surface area contributed by atoms with Crippen LogP contribution >= 0.6 is 0 Å². The maximum Gasteiger partial charge on any atom is 0.319 e. The number of carbonyl (C=O) groups is 2. The summed E-state index contributed by atoms with van der Waals surface area (Å²) in [5, 5.41) is 0. The molecule has 89 valence electrons. The van der Waals surface area contributed by atoms with Gasteiger partial charge in [-0.25, -0.2) is 0 Å². The predicted octanol–water partition coefficient (Wildman–Crippen LogP) is 2.29. The highest BCUT2D eigenvalue weighted by Gasteiger charge is 2.38. The van der Waals surface area contributed by atoms with Crippen LogP contribution in [0.1, 0.15) is 46.5 Å². The van der Waals surface area contributed by atoms with Crippen molar-refractivity contribution in [2.45, 2.75) is 46.5 Å². The Labute approximate surface area is 97.6 Å². The third-order valence-electron chi connectivity index (χ3n) is 2.73. The number of esters is 1. The molecule has 16 heavy (non-hydrogen) atoms. The number of unbranched alkanes of at least 4 members (excludes halogenated alkanes) is 2. The van der Waals surface area contributed by atoms with Gasteiger partial charge in [0.2, 0.25) is 0 Å². The standard InChI is InChI=1S/C13H19O3/c1-5-7-8-9-10-13(4,11(3)14)12(15)16-6-2/h6-10H2,2-4H3. The Bertz CT molecular complexity index is 288. The van der Waals surface area contributed by atoms with Crippen LogP contribution in [0, 0.1) is 17.8 Å². The number of ketones is 1. The molecule has 0 bridgehead atoms. The average Bonchev–Trinajstić information content (AvgIpc) is 2.24. The van der Waals surface area contributed by atoms with Crippen molar-refractivity contribution in [3.8, 4) is 5.92 Å². The molecule has 0 spiro atoms. The van der Waals surface area contributed by atoms with E-state index in [9.17, 15) is 9.59 Å². The molecular formula is C13H19O3. The zero-order valence-electron chi connectivity index (χ0n) is 10.3. The first-order valence-corrected chi connectivity index (χ1v) is 5.57. The second-order valence-electron chi connectivity index (χ2n) is 3.99. The Balaban J connectivity index is 4.41. The first kappa shape index (κ1) is 14.7. The van der Waals surface area contributed by atoms with Crippen LogP contribution in [0.5, 0.6) is 0 Å². The zero-order valence-corrected chi connectivity index (χ0v) is 10.3. The molecule has 0 aromatic heterocycles. The van der Waals surface area contributed by atoms with Gasteiger partial charge in [0.15, 0.2) is 0 Å². The summed E-state index contributed by atoms with van der Waals surface area (Å²) < 4.78 is 4.91. The van der Waals surface area contributed by atoms with Crippen LogP contribution in [-0.2, 0) is 14.3 Å². The third-order valence-corrected chi connectivity index (χ3v) is 2.73. The zero-order chi connectivity index (χ0) is 12.6. The lowest BCUT2D eigenvalue weighted by molar-refractivity contribution is -0.159. The molecule has 1 atom stereocenters. The van der Waals surface area contributed by atoms with Crippen LogP contribution in [0.3, 0.4) is 0 Å². The summed E-state index contributed by atoms with van der Waals surface area (Å²) in [7, 11) is 0. The van der Waals surface area contributed by atoms with E-state index in [1.165, 1.54) is 6.92 Å². The summed E-state index contributed by atoms with van der Waals surface area (Å²) in [4.78, 5) is 23.2. The number of hydrogen-bond acceptors (Lipinski definition) is 3. The van der Waals surface area contributed by atoms with Gasteiger partial charge in [0.05, 0.1) is 6.61 Å². The predicted molar refractivity (Wildman–Crippen MR) is 61.0 cm³/mol. The monoisotopic (exact) mass is 223 g/mol. The Morgan fingerprint density at radius 2 is 2.00 bits per heavy atom. The van der Waals surface area contributed by atoms with E-state index in [-0.39, 0.29) is 12.4 Å². The van der Waals surface area contributed by atoms with Gasteiger partial charge in [-0.05, 0) is 40.0 Å². The van der Waals surface area contributed by atoms with E-state index in [2.05, 4.69) is 5.92 Å². The van der Waals surface area contributed by atoms with Crippen molar-refractivity contribution >= 4 is 11.8 Å². The summed E-state index contributed by atoms with van der Waals surface area (Å²) in [6.45, 7) is 5.06. The first-order valence-electron chi connectivity index (χ1n) is 5.57. The third kappa shape index (κ3) is 4.06. The average molecular weight is 223 g/mol. The van der Waals surface area contributed by atoms with Gasteiger partial charge in [-0.2, -0.15) is 0 Å². The van der Waals surface area contributed by atoms with Gasteiger partial charge >= 0.3 is 5.97 Å². The Kier molecular flexibility index (Phi) is 6.48. The first-order chi connectivity index (χ1) is 7.49. The second kappa shape index (κ2) is 7.05. The molecule has 0 saturated carbocycles. The minimum atomic E-state index is -1.03. The van der Waals surface area contributed by atoms with Gasteiger partial charge in [0.1, 0.15) is 11.2 Å². The van der Waals surface area contributed by atoms with Crippen LogP contribution in [0.4, 0.5) is 0 Å². The minimum Gasteiger partial charge on any atom is -0.465 e. The molecule has 0 rings (SSSR count). The number of carbonyl (C=O) groups excluding carboxylic acids is 2. The van der Waals surface area contributed by atoms with Crippen LogP contribution in [0.2, 0.25) is 0 Å². The fourth-order valence-corrected chi connectivity index (χ4v) is 1.40. The SMILES string of the molecule is [C]#CCCCCC(C)(C(C)=O)C(=O)OCC. The van der Waals surface area contributed by atoms with E-state index in [1.807, 2.05) is 0 Å². The molecule has 1 unspecified atom stereocenters. The highest BCUT2D eigenvalue weighted by Crippen LogP contribution is 2.27. The summed E-state index contributed by atoms with van der Waals surface area (Å²) in [6, 6.07) is 0. The molecule has 0 amide bonds. The normalized spacial score (nSPS) is 13.6. The molecule has 0 heterocycles. The van der Waals surface area contributed by atoms with E-state index < -0.39 is 11.4 Å². The molecule has 0 aromatic rings. The van der Waals surface area contributed by atoms with E-state index in [1.54, 1.807) is 13.8 Å². The smallest absolute Gasteiger partial charge is 0.319 e. The fraction of sp³-hybridized carbons (Fsp3) is 0.692. The molecule has 3 heteroatoms. The molecule has 0 saturated heterocycles. The molecule has 0 aliphatic rings. The van der Waals surface area contributed by atoms with Crippen LogP contribution < -0.4 is 0 Å². The fourth-order valence-electron chi connectivity index (χ4n) is 1.40. The lowest BCUT2D eigenvalue weighted by atomic mass is 9.81.